The molecule has 1 aromatic carbocycles. The Morgan fingerprint density at radius 3 is 2.95 bits per heavy atom. The van der Waals surface area contributed by atoms with Gasteiger partial charge in [0, 0.05) is 6.54 Å². The summed E-state index contributed by atoms with van der Waals surface area (Å²) < 4.78 is 5.46. The van der Waals surface area contributed by atoms with Gasteiger partial charge in [-0.15, -0.1) is 10.2 Å². The first-order valence-electron chi connectivity index (χ1n) is 7.34. The summed E-state index contributed by atoms with van der Waals surface area (Å²) in [5, 5.41) is 10.9. The van der Waals surface area contributed by atoms with Crippen LogP contribution in [-0.2, 0) is 0 Å². The Morgan fingerprint density at radius 2 is 2.27 bits per heavy atom. The molecule has 0 radical (unpaired) electrons. The molecule has 0 aliphatic carbocycles. The predicted molar refractivity (Wildman–Crippen MR) is 85.2 cm³/mol. The molecule has 6 nitrogen and oxygen atoms in total. The van der Waals surface area contributed by atoms with Gasteiger partial charge in [0.2, 0.25) is 5.13 Å². The van der Waals surface area contributed by atoms with Crippen LogP contribution in [0.25, 0.3) is 0 Å². The number of carbonyl (C=O) groups is 1. The van der Waals surface area contributed by atoms with Crippen LogP contribution in [0.15, 0.2) is 29.8 Å². The van der Waals surface area contributed by atoms with Crippen LogP contribution in [0.1, 0.15) is 31.4 Å². The standard InChI is InChI=1S/C15H18N4O2S/c1-2-21-12-7-5-11(6-8-12)13-4-3-9-19(13)15(20)17-14-18-16-10-22-14/h5-8,10,13H,2-4,9H2,1H3,(H,17,18,20). The van der Waals surface area contributed by atoms with Crippen molar-refractivity contribution in [2.45, 2.75) is 25.8 Å². The fraction of sp³-hybridized carbons (Fsp3) is 0.400. The highest BCUT2D eigenvalue weighted by Crippen LogP contribution is 2.33. The molecule has 1 unspecified atom stereocenters. The van der Waals surface area contributed by atoms with Gasteiger partial charge in [-0.1, -0.05) is 23.5 Å². The maximum Gasteiger partial charge on any atom is 0.324 e. The molecule has 1 N–H and O–H groups in total. The second kappa shape index (κ2) is 6.74. The average Bonchev–Trinajstić information content (AvgIpc) is 3.19. The van der Waals surface area contributed by atoms with Crippen molar-refractivity contribution in [1.29, 1.82) is 0 Å². The van der Waals surface area contributed by atoms with Gasteiger partial charge in [-0.2, -0.15) is 0 Å². The average molecular weight is 318 g/mol. The van der Waals surface area contributed by atoms with Gasteiger partial charge in [-0.3, -0.25) is 5.32 Å². The Labute approximate surface area is 133 Å². The van der Waals surface area contributed by atoms with E-state index in [0.29, 0.717) is 11.7 Å². The number of rotatable bonds is 4. The molecule has 1 aromatic heterocycles. The SMILES string of the molecule is CCOc1ccc(C2CCCN2C(=O)Nc2nncs2)cc1. The topological polar surface area (TPSA) is 67.3 Å². The van der Waals surface area contributed by atoms with Crippen LogP contribution in [0.2, 0.25) is 0 Å². The van der Waals surface area contributed by atoms with Gasteiger partial charge >= 0.3 is 6.03 Å². The zero-order chi connectivity index (χ0) is 15.4. The third-order valence-electron chi connectivity index (χ3n) is 3.66. The lowest BCUT2D eigenvalue weighted by Crippen LogP contribution is -2.34. The molecule has 1 atom stereocenters. The Bertz CT molecular complexity index is 615. The van der Waals surface area contributed by atoms with E-state index in [1.807, 2.05) is 36.1 Å². The van der Waals surface area contributed by atoms with Gasteiger partial charge < -0.3 is 9.64 Å². The first-order valence-corrected chi connectivity index (χ1v) is 8.22. The van der Waals surface area contributed by atoms with E-state index in [9.17, 15) is 4.79 Å². The van der Waals surface area contributed by atoms with Gasteiger partial charge in [0.15, 0.2) is 0 Å². The smallest absolute Gasteiger partial charge is 0.324 e. The van der Waals surface area contributed by atoms with E-state index in [4.69, 9.17) is 4.74 Å². The second-order valence-electron chi connectivity index (χ2n) is 5.03. The van der Waals surface area contributed by atoms with Gasteiger partial charge in [0.25, 0.3) is 0 Å². The second-order valence-corrected chi connectivity index (χ2v) is 5.86. The van der Waals surface area contributed by atoms with E-state index in [1.54, 1.807) is 5.51 Å². The van der Waals surface area contributed by atoms with Crippen LogP contribution >= 0.6 is 11.3 Å². The molecule has 2 aromatic rings. The van der Waals surface area contributed by atoms with E-state index in [-0.39, 0.29) is 12.1 Å². The van der Waals surface area contributed by atoms with Crippen molar-refractivity contribution in [3.05, 3.63) is 35.3 Å². The van der Waals surface area contributed by atoms with Crippen molar-refractivity contribution in [3.8, 4) is 5.75 Å². The summed E-state index contributed by atoms with van der Waals surface area (Å²) >= 11 is 1.32. The molecular formula is C15H18N4O2S. The monoisotopic (exact) mass is 318 g/mol. The normalized spacial score (nSPS) is 17.5. The zero-order valence-electron chi connectivity index (χ0n) is 12.4. The van der Waals surface area contributed by atoms with E-state index in [0.717, 1.165) is 30.7 Å². The molecule has 1 aliphatic rings. The molecule has 1 aliphatic heterocycles. The third kappa shape index (κ3) is 3.19. The highest BCUT2D eigenvalue weighted by Gasteiger charge is 2.30. The summed E-state index contributed by atoms with van der Waals surface area (Å²) in [4.78, 5) is 14.3. The molecule has 116 valence electrons. The number of nitrogens with zero attached hydrogens (tertiary/aromatic N) is 3. The van der Waals surface area contributed by atoms with Crippen LogP contribution in [0.4, 0.5) is 9.93 Å². The van der Waals surface area contributed by atoms with Gasteiger partial charge in [0.1, 0.15) is 11.3 Å². The first-order chi connectivity index (χ1) is 10.8. The molecular weight excluding hydrogens is 300 g/mol. The number of benzene rings is 1. The Kier molecular flexibility index (Phi) is 4.53. The van der Waals surface area contributed by atoms with Crippen LogP contribution in [-0.4, -0.2) is 34.3 Å². The summed E-state index contributed by atoms with van der Waals surface area (Å²) in [5.74, 6) is 0.856. The Hall–Kier alpha value is -2.15. The minimum absolute atomic E-state index is 0.101. The van der Waals surface area contributed by atoms with Crippen LogP contribution in [0, 0.1) is 0 Å². The van der Waals surface area contributed by atoms with E-state index in [2.05, 4.69) is 15.5 Å². The molecule has 22 heavy (non-hydrogen) atoms. The number of likely N-dealkylation sites (tertiary alicyclic amines) is 1. The highest BCUT2D eigenvalue weighted by molar-refractivity contribution is 7.13. The molecule has 1 fully saturated rings. The van der Waals surface area contributed by atoms with E-state index >= 15 is 0 Å². The summed E-state index contributed by atoms with van der Waals surface area (Å²) in [6.45, 7) is 3.37. The maximum atomic E-state index is 12.4. The number of hydrogen-bond acceptors (Lipinski definition) is 5. The number of urea groups is 1. The van der Waals surface area contributed by atoms with Gasteiger partial charge in [-0.25, -0.2) is 4.79 Å². The predicted octanol–water partition coefficient (Wildman–Crippen LogP) is 3.31. The van der Waals surface area contributed by atoms with Crippen molar-refractivity contribution in [2.75, 3.05) is 18.5 Å². The summed E-state index contributed by atoms with van der Waals surface area (Å²) in [5.41, 5.74) is 2.73. The number of ether oxygens (including phenoxy) is 1. The Morgan fingerprint density at radius 1 is 1.45 bits per heavy atom. The number of amides is 2. The number of nitrogens with one attached hydrogen (secondary N) is 1. The number of hydrogen-bond donors (Lipinski definition) is 1. The van der Waals surface area contributed by atoms with E-state index in [1.165, 1.54) is 11.3 Å². The molecule has 1 saturated heterocycles. The first kappa shape index (κ1) is 14.8. The number of anilines is 1. The number of carbonyl (C=O) groups excluding carboxylic acids is 1. The molecule has 2 amide bonds. The molecule has 7 heteroatoms. The lowest BCUT2D eigenvalue weighted by Gasteiger charge is -2.24. The molecule has 0 saturated carbocycles. The van der Waals surface area contributed by atoms with Crippen molar-refractivity contribution < 1.29 is 9.53 Å². The maximum absolute atomic E-state index is 12.4. The summed E-state index contributed by atoms with van der Waals surface area (Å²) in [7, 11) is 0. The lowest BCUT2D eigenvalue weighted by atomic mass is 10.0. The fourth-order valence-electron chi connectivity index (χ4n) is 2.70. The highest BCUT2D eigenvalue weighted by atomic mass is 32.1. The van der Waals surface area contributed by atoms with Gasteiger partial charge in [-0.05, 0) is 37.5 Å². The third-order valence-corrected chi connectivity index (χ3v) is 4.27. The fourth-order valence-corrected chi connectivity index (χ4v) is 3.13. The lowest BCUT2D eigenvalue weighted by molar-refractivity contribution is 0.207. The van der Waals surface area contributed by atoms with Crippen LogP contribution in [0.3, 0.4) is 0 Å². The largest absolute Gasteiger partial charge is 0.494 e. The molecule has 0 spiro atoms. The van der Waals surface area contributed by atoms with Gasteiger partial charge in [0.05, 0.1) is 12.6 Å². The zero-order valence-corrected chi connectivity index (χ0v) is 13.2. The Balaban J connectivity index is 1.70. The summed E-state index contributed by atoms with van der Waals surface area (Å²) in [6.07, 6.45) is 1.97. The molecule has 2 heterocycles. The van der Waals surface area contributed by atoms with Crippen molar-refractivity contribution in [3.63, 3.8) is 0 Å². The van der Waals surface area contributed by atoms with Crippen LogP contribution < -0.4 is 10.1 Å². The minimum atomic E-state index is -0.117. The van der Waals surface area contributed by atoms with Crippen molar-refractivity contribution in [1.82, 2.24) is 15.1 Å². The van der Waals surface area contributed by atoms with E-state index < -0.39 is 0 Å². The summed E-state index contributed by atoms with van der Waals surface area (Å²) in [6, 6.07) is 7.96. The number of aromatic nitrogens is 2. The molecule has 3 rings (SSSR count). The minimum Gasteiger partial charge on any atom is -0.494 e. The molecule has 0 bridgehead atoms. The van der Waals surface area contributed by atoms with Crippen molar-refractivity contribution in [2.24, 2.45) is 0 Å². The van der Waals surface area contributed by atoms with Crippen molar-refractivity contribution >= 4 is 22.5 Å². The quantitative estimate of drug-likeness (QED) is 0.939. The van der Waals surface area contributed by atoms with Crippen LogP contribution in [0.5, 0.6) is 5.75 Å².